The van der Waals surface area contributed by atoms with Crippen LogP contribution in [0.25, 0.3) is 0 Å². The topological polar surface area (TPSA) is 29.3 Å². The second kappa shape index (κ2) is 5.61. The summed E-state index contributed by atoms with van der Waals surface area (Å²) >= 11 is 5.34. The van der Waals surface area contributed by atoms with Gasteiger partial charge in [0.15, 0.2) is 0 Å². The highest BCUT2D eigenvalue weighted by Gasteiger charge is 2.35. The Hall–Kier alpha value is 0.1000. The van der Waals surface area contributed by atoms with E-state index in [4.69, 9.17) is 5.73 Å². The first-order valence-electron chi connectivity index (χ1n) is 6.60. The fraction of sp³-hybridized carbons (Fsp3) is 0.714. The Balaban J connectivity index is 2.07. The number of halogens is 1. The number of rotatable bonds is 3. The maximum absolute atomic E-state index is 6.00. The van der Waals surface area contributed by atoms with Crippen molar-refractivity contribution in [1.29, 1.82) is 0 Å². The first-order chi connectivity index (χ1) is 8.41. The molecule has 1 aliphatic heterocycles. The highest BCUT2D eigenvalue weighted by atomic mass is 79.9. The first-order valence-corrected chi connectivity index (χ1v) is 8.27. The van der Waals surface area contributed by atoms with Gasteiger partial charge in [-0.2, -0.15) is 0 Å². The third-order valence-electron chi connectivity index (χ3n) is 4.02. The van der Waals surface area contributed by atoms with E-state index in [1.54, 1.807) is 0 Å². The van der Waals surface area contributed by atoms with Gasteiger partial charge < -0.3 is 5.73 Å². The van der Waals surface area contributed by atoms with Crippen molar-refractivity contribution in [3.8, 4) is 0 Å². The molecule has 0 bridgehead atoms. The molecule has 1 aromatic heterocycles. The summed E-state index contributed by atoms with van der Waals surface area (Å²) in [5.41, 5.74) is 6.40. The lowest BCUT2D eigenvalue weighted by Crippen LogP contribution is -2.33. The fourth-order valence-electron chi connectivity index (χ4n) is 2.73. The molecule has 2 nitrogen and oxygen atoms in total. The largest absolute Gasteiger partial charge is 0.329 e. The van der Waals surface area contributed by atoms with Crippen LogP contribution in [0.5, 0.6) is 0 Å². The van der Waals surface area contributed by atoms with E-state index in [0.717, 1.165) is 5.92 Å². The Morgan fingerprint density at radius 2 is 2.28 bits per heavy atom. The molecule has 1 aromatic rings. The van der Waals surface area contributed by atoms with Gasteiger partial charge in [0.2, 0.25) is 0 Å². The Morgan fingerprint density at radius 3 is 2.72 bits per heavy atom. The van der Waals surface area contributed by atoms with Gasteiger partial charge in [-0.15, -0.1) is 11.3 Å². The minimum absolute atomic E-state index is 0.397. The molecular formula is C14H23BrN2S. The van der Waals surface area contributed by atoms with Crippen LogP contribution < -0.4 is 5.73 Å². The summed E-state index contributed by atoms with van der Waals surface area (Å²) in [6.07, 6.45) is 1.30. The minimum Gasteiger partial charge on any atom is -0.329 e. The van der Waals surface area contributed by atoms with Crippen LogP contribution in [0.15, 0.2) is 15.9 Å². The van der Waals surface area contributed by atoms with E-state index in [0.29, 0.717) is 18.0 Å². The van der Waals surface area contributed by atoms with E-state index in [-0.39, 0.29) is 0 Å². The van der Waals surface area contributed by atoms with E-state index in [1.165, 1.54) is 28.9 Å². The van der Waals surface area contributed by atoms with Gasteiger partial charge in [-0.3, -0.25) is 4.90 Å². The molecule has 0 spiro atoms. The lowest BCUT2D eigenvalue weighted by atomic mass is 9.80. The zero-order valence-corrected chi connectivity index (χ0v) is 13.9. The number of hydrogen-bond acceptors (Lipinski definition) is 3. The van der Waals surface area contributed by atoms with Crippen molar-refractivity contribution < 1.29 is 0 Å². The molecule has 102 valence electrons. The molecule has 2 atom stereocenters. The van der Waals surface area contributed by atoms with Crippen molar-refractivity contribution in [3.05, 3.63) is 20.8 Å². The number of likely N-dealkylation sites (tertiary alicyclic amines) is 1. The van der Waals surface area contributed by atoms with Crippen LogP contribution in [-0.4, -0.2) is 24.5 Å². The van der Waals surface area contributed by atoms with E-state index >= 15 is 0 Å². The van der Waals surface area contributed by atoms with Crippen molar-refractivity contribution in [2.75, 3.05) is 19.6 Å². The highest BCUT2D eigenvalue weighted by molar-refractivity contribution is 9.10. The quantitative estimate of drug-likeness (QED) is 0.911. The predicted molar refractivity (Wildman–Crippen MR) is 82.9 cm³/mol. The summed E-state index contributed by atoms with van der Waals surface area (Å²) in [6, 6.07) is 2.61. The van der Waals surface area contributed by atoms with E-state index in [9.17, 15) is 0 Å². The Morgan fingerprint density at radius 1 is 1.56 bits per heavy atom. The monoisotopic (exact) mass is 330 g/mol. The smallest absolute Gasteiger partial charge is 0.0564 e. The van der Waals surface area contributed by atoms with Gasteiger partial charge in [0.25, 0.3) is 0 Å². The van der Waals surface area contributed by atoms with Crippen LogP contribution >= 0.6 is 27.3 Å². The highest BCUT2D eigenvalue weighted by Crippen LogP contribution is 2.38. The summed E-state index contributed by atoms with van der Waals surface area (Å²) < 4.78 is 1.17. The average Bonchev–Trinajstić information content (AvgIpc) is 2.88. The molecule has 0 aliphatic carbocycles. The third-order valence-corrected chi connectivity index (χ3v) is 5.82. The van der Waals surface area contributed by atoms with Gasteiger partial charge in [-0.25, -0.2) is 0 Å². The summed E-state index contributed by atoms with van der Waals surface area (Å²) in [6.45, 7) is 10.1. The molecule has 2 heterocycles. The van der Waals surface area contributed by atoms with Crippen LogP contribution in [0, 0.1) is 11.3 Å². The summed E-state index contributed by atoms with van der Waals surface area (Å²) in [4.78, 5) is 3.95. The Kier molecular flexibility index (Phi) is 4.52. The fourth-order valence-corrected chi connectivity index (χ4v) is 4.32. The predicted octanol–water partition coefficient (Wildman–Crippen LogP) is 3.88. The molecule has 1 fully saturated rings. The Labute approximate surface area is 123 Å². The van der Waals surface area contributed by atoms with Crippen LogP contribution in [0.1, 0.15) is 38.1 Å². The normalized spacial score (nSPS) is 23.5. The van der Waals surface area contributed by atoms with Gasteiger partial charge in [0, 0.05) is 27.8 Å². The van der Waals surface area contributed by atoms with Gasteiger partial charge in [-0.1, -0.05) is 20.8 Å². The van der Waals surface area contributed by atoms with Crippen molar-refractivity contribution in [3.63, 3.8) is 0 Å². The summed E-state index contributed by atoms with van der Waals surface area (Å²) in [5.74, 6) is 0.787. The van der Waals surface area contributed by atoms with Crippen molar-refractivity contribution >= 4 is 27.3 Å². The molecule has 1 saturated heterocycles. The van der Waals surface area contributed by atoms with Crippen LogP contribution in [-0.2, 0) is 0 Å². The Bertz CT molecular complexity index is 397. The average molecular weight is 331 g/mol. The van der Waals surface area contributed by atoms with E-state index < -0.39 is 0 Å². The zero-order chi connectivity index (χ0) is 13.3. The molecule has 0 aromatic carbocycles. The second-order valence-corrected chi connectivity index (χ2v) is 8.12. The number of thiophene rings is 1. The second-order valence-electron chi connectivity index (χ2n) is 6.27. The maximum Gasteiger partial charge on any atom is 0.0564 e. The lowest BCUT2D eigenvalue weighted by molar-refractivity contribution is 0.199. The molecule has 4 heteroatoms. The summed E-state index contributed by atoms with van der Waals surface area (Å²) in [7, 11) is 0. The minimum atomic E-state index is 0.397. The lowest BCUT2D eigenvalue weighted by Gasteiger charge is -2.30. The molecule has 0 radical (unpaired) electrons. The van der Waals surface area contributed by atoms with Gasteiger partial charge in [0.1, 0.15) is 0 Å². The molecule has 2 rings (SSSR count). The van der Waals surface area contributed by atoms with Crippen molar-refractivity contribution in [2.45, 2.75) is 33.2 Å². The number of nitrogens with two attached hydrogens (primary N) is 1. The van der Waals surface area contributed by atoms with Crippen LogP contribution in [0.4, 0.5) is 0 Å². The van der Waals surface area contributed by atoms with Gasteiger partial charge in [-0.05, 0) is 46.3 Å². The first kappa shape index (κ1) is 14.5. The number of nitrogens with zero attached hydrogens (tertiary/aromatic N) is 1. The van der Waals surface area contributed by atoms with Crippen LogP contribution in [0.2, 0.25) is 0 Å². The molecule has 0 amide bonds. The molecular weight excluding hydrogens is 308 g/mol. The van der Waals surface area contributed by atoms with Crippen molar-refractivity contribution in [1.82, 2.24) is 4.90 Å². The van der Waals surface area contributed by atoms with Crippen LogP contribution in [0.3, 0.4) is 0 Å². The molecule has 2 unspecified atom stereocenters. The molecule has 0 saturated carbocycles. The van der Waals surface area contributed by atoms with Gasteiger partial charge in [0.05, 0.1) is 6.04 Å². The molecule has 1 aliphatic rings. The van der Waals surface area contributed by atoms with E-state index in [1.807, 2.05) is 11.3 Å². The number of hydrogen-bond donors (Lipinski definition) is 1. The SMILES string of the molecule is CC(C)(C)C1CCN(C(CN)c2cc(Br)cs2)C1. The zero-order valence-electron chi connectivity index (χ0n) is 11.4. The molecule has 2 N–H and O–H groups in total. The van der Waals surface area contributed by atoms with E-state index in [2.05, 4.69) is 53.0 Å². The third kappa shape index (κ3) is 3.16. The molecule has 18 heavy (non-hydrogen) atoms. The van der Waals surface area contributed by atoms with Gasteiger partial charge >= 0.3 is 0 Å². The van der Waals surface area contributed by atoms with Crippen molar-refractivity contribution in [2.24, 2.45) is 17.1 Å². The standard InChI is InChI=1S/C14H23BrN2S/c1-14(2,3)10-4-5-17(8-10)12(7-16)13-6-11(15)9-18-13/h6,9-10,12H,4-5,7-8,16H2,1-3H3. The summed E-state index contributed by atoms with van der Waals surface area (Å²) in [5, 5.41) is 2.15. The maximum atomic E-state index is 6.00.